The number of para-hydroxylation sites is 1. The number of fused-ring (bicyclic) bond motifs is 3. The lowest BCUT2D eigenvalue weighted by molar-refractivity contribution is -0.143. The first-order chi connectivity index (χ1) is 15.6. The number of ether oxygens (including phenoxy) is 3. The first kappa shape index (κ1) is 22.6. The third kappa shape index (κ3) is 4.32. The minimum Gasteiger partial charge on any atom is -0.493 e. The number of carbonyl (C=O) groups excluding carboxylic acids is 1. The van der Waals surface area contributed by atoms with E-state index in [4.69, 9.17) is 25.8 Å². The van der Waals surface area contributed by atoms with Gasteiger partial charge < -0.3 is 14.2 Å². The molecule has 0 aromatic heterocycles. The highest BCUT2D eigenvalue weighted by Gasteiger charge is 2.33. The summed E-state index contributed by atoms with van der Waals surface area (Å²) in [6.07, 6.45) is 0.278. The summed E-state index contributed by atoms with van der Waals surface area (Å²) in [5, 5.41) is 0.440. The molecule has 6 heteroatoms. The third-order valence-corrected chi connectivity index (χ3v) is 7.33. The maximum absolute atomic E-state index is 12.5. The number of rotatable bonds is 6. The molecule has 166 valence electrons. The molecule has 1 aliphatic heterocycles. The van der Waals surface area contributed by atoms with E-state index in [0.717, 1.165) is 27.8 Å². The van der Waals surface area contributed by atoms with Gasteiger partial charge in [0.25, 0.3) is 0 Å². The molecule has 2 atom stereocenters. The Morgan fingerprint density at radius 3 is 2.44 bits per heavy atom. The highest BCUT2D eigenvalue weighted by atomic mass is 35.5. The van der Waals surface area contributed by atoms with Crippen LogP contribution in [0.3, 0.4) is 0 Å². The molecule has 0 saturated carbocycles. The summed E-state index contributed by atoms with van der Waals surface area (Å²) in [6.45, 7) is 2.19. The van der Waals surface area contributed by atoms with Crippen LogP contribution in [-0.4, -0.2) is 26.8 Å². The van der Waals surface area contributed by atoms with Gasteiger partial charge >= 0.3 is 5.97 Å². The van der Waals surface area contributed by atoms with E-state index in [1.54, 1.807) is 26.0 Å². The molecule has 0 fully saturated rings. The summed E-state index contributed by atoms with van der Waals surface area (Å²) in [5.41, 5.74) is 5.36. The Labute approximate surface area is 197 Å². The Hall–Kier alpha value is -2.63. The molecule has 0 unspecified atom stereocenters. The second kappa shape index (κ2) is 9.88. The molecule has 0 radical (unpaired) electrons. The van der Waals surface area contributed by atoms with Crippen LogP contribution in [0.1, 0.15) is 40.5 Å². The van der Waals surface area contributed by atoms with Crippen molar-refractivity contribution in [2.24, 2.45) is 0 Å². The van der Waals surface area contributed by atoms with Crippen LogP contribution in [-0.2, 0) is 9.53 Å². The maximum atomic E-state index is 12.5. The number of benzene rings is 3. The van der Waals surface area contributed by atoms with Gasteiger partial charge in [0.2, 0.25) is 0 Å². The fourth-order valence-electron chi connectivity index (χ4n) is 4.22. The number of esters is 1. The number of thioether (sulfide) groups is 1. The minimum absolute atomic E-state index is 0.0997. The first-order valence-corrected chi connectivity index (χ1v) is 11.8. The van der Waals surface area contributed by atoms with Crippen molar-refractivity contribution in [2.75, 3.05) is 20.8 Å². The molecule has 0 bridgehead atoms. The normalized spacial score (nSPS) is 17.0. The Kier molecular flexibility index (Phi) is 6.97. The fraction of sp³-hybridized carbons (Fsp3) is 0.269. The Morgan fingerprint density at radius 1 is 0.938 bits per heavy atom. The zero-order valence-corrected chi connectivity index (χ0v) is 19.8. The molecule has 1 heterocycles. The van der Waals surface area contributed by atoms with Crippen LogP contribution in [0.4, 0.5) is 0 Å². The number of hydrogen-bond donors (Lipinski definition) is 0. The summed E-state index contributed by atoms with van der Waals surface area (Å²) >= 11 is 8.17. The van der Waals surface area contributed by atoms with E-state index in [9.17, 15) is 4.79 Å². The average molecular weight is 469 g/mol. The van der Waals surface area contributed by atoms with Crippen molar-refractivity contribution in [1.82, 2.24) is 0 Å². The van der Waals surface area contributed by atoms with Crippen molar-refractivity contribution in [2.45, 2.75) is 23.8 Å². The van der Waals surface area contributed by atoms with Gasteiger partial charge in [-0.2, -0.15) is 0 Å². The highest BCUT2D eigenvalue weighted by molar-refractivity contribution is 8.00. The second-order valence-corrected chi connectivity index (χ2v) is 9.16. The average Bonchev–Trinajstić information content (AvgIpc) is 2.93. The lowest BCUT2D eigenvalue weighted by atomic mass is 9.90. The van der Waals surface area contributed by atoms with Gasteiger partial charge in [-0.15, -0.1) is 11.8 Å². The topological polar surface area (TPSA) is 44.8 Å². The first-order valence-electron chi connectivity index (χ1n) is 10.5. The molecule has 0 amide bonds. The van der Waals surface area contributed by atoms with E-state index in [-0.39, 0.29) is 22.9 Å². The molecule has 0 spiro atoms. The van der Waals surface area contributed by atoms with Crippen LogP contribution in [0.25, 0.3) is 11.1 Å². The van der Waals surface area contributed by atoms with Crippen molar-refractivity contribution in [3.8, 4) is 22.6 Å². The lowest BCUT2D eigenvalue weighted by Crippen LogP contribution is -2.10. The summed E-state index contributed by atoms with van der Waals surface area (Å²) in [5.74, 6) is 1.14. The minimum atomic E-state index is -0.208. The fourth-order valence-corrected chi connectivity index (χ4v) is 5.99. The van der Waals surface area contributed by atoms with Gasteiger partial charge in [-0.05, 0) is 47.4 Å². The van der Waals surface area contributed by atoms with E-state index in [1.807, 2.05) is 49.4 Å². The standard InChI is InChI=1S/C26H25ClO4S/c1-4-31-24(28)15-23-19-9-6-5-8-17(19)18-13-12-16(27)14-21(18)26(32-23)20-10-7-11-22(29-2)25(20)30-3/h5-14,23,26H,4,15H2,1-3H3/t23-,26-/m1/s1. The van der Waals surface area contributed by atoms with Crippen molar-refractivity contribution in [1.29, 1.82) is 0 Å². The van der Waals surface area contributed by atoms with E-state index in [1.165, 1.54) is 0 Å². The van der Waals surface area contributed by atoms with Crippen LogP contribution in [0.2, 0.25) is 5.02 Å². The van der Waals surface area contributed by atoms with Gasteiger partial charge in [-0.1, -0.05) is 54.1 Å². The van der Waals surface area contributed by atoms with E-state index < -0.39 is 0 Å². The Bertz CT molecular complexity index is 1130. The van der Waals surface area contributed by atoms with Gasteiger partial charge in [0.1, 0.15) is 0 Å². The van der Waals surface area contributed by atoms with Crippen LogP contribution >= 0.6 is 23.4 Å². The van der Waals surface area contributed by atoms with E-state index in [2.05, 4.69) is 18.2 Å². The van der Waals surface area contributed by atoms with Crippen LogP contribution < -0.4 is 9.47 Å². The highest BCUT2D eigenvalue weighted by Crippen LogP contribution is 2.56. The Balaban J connectivity index is 1.93. The van der Waals surface area contributed by atoms with Crippen molar-refractivity contribution >= 4 is 29.3 Å². The van der Waals surface area contributed by atoms with Crippen molar-refractivity contribution < 1.29 is 19.0 Å². The van der Waals surface area contributed by atoms with Crippen molar-refractivity contribution in [3.05, 3.63) is 82.4 Å². The van der Waals surface area contributed by atoms with Gasteiger partial charge in [-0.3, -0.25) is 4.79 Å². The monoisotopic (exact) mass is 468 g/mol. The predicted molar refractivity (Wildman–Crippen MR) is 130 cm³/mol. The quantitative estimate of drug-likeness (QED) is 0.370. The molecule has 0 aliphatic carbocycles. The van der Waals surface area contributed by atoms with Crippen molar-refractivity contribution in [3.63, 3.8) is 0 Å². The third-order valence-electron chi connectivity index (χ3n) is 5.57. The molecule has 4 rings (SSSR count). The van der Waals surface area contributed by atoms with Gasteiger partial charge in [0.15, 0.2) is 11.5 Å². The number of halogens is 1. The number of carbonyl (C=O) groups is 1. The predicted octanol–water partition coefficient (Wildman–Crippen LogP) is 6.85. The van der Waals surface area contributed by atoms with Crippen LogP contribution in [0.15, 0.2) is 60.7 Å². The summed E-state index contributed by atoms with van der Waals surface area (Å²) in [4.78, 5) is 12.5. The van der Waals surface area contributed by atoms with Crippen LogP contribution in [0.5, 0.6) is 11.5 Å². The van der Waals surface area contributed by atoms with E-state index in [0.29, 0.717) is 23.1 Å². The summed E-state index contributed by atoms with van der Waals surface area (Å²) in [7, 11) is 3.28. The molecule has 0 N–H and O–H groups in total. The zero-order valence-electron chi connectivity index (χ0n) is 18.3. The number of hydrogen-bond acceptors (Lipinski definition) is 5. The number of methoxy groups -OCH3 is 2. The summed E-state index contributed by atoms with van der Waals surface area (Å²) < 4.78 is 16.6. The Morgan fingerprint density at radius 2 is 1.69 bits per heavy atom. The molecule has 3 aromatic rings. The molecule has 1 aliphatic rings. The molecular weight excluding hydrogens is 444 g/mol. The smallest absolute Gasteiger partial charge is 0.307 e. The van der Waals surface area contributed by atoms with Gasteiger partial charge in [0, 0.05) is 15.8 Å². The van der Waals surface area contributed by atoms with Gasteiger partial charge in [0.05, 0.1) is 32.5 Å². The molecule has 32 heavy (non-hydrogen) atoms. The largest absolute Gasteiger partial charge is 0.493 e. The zero-order chi connectivity index (χ0) is 22.7. The second-order valence-electron chi connectivity index (χ2n) is 7.42. The summed E-state index contributed by atoms with van der Waals surface area (Å²) in [6, 6.07) is 20.1. The molecular formula is C26H25ClO4S. The molecule has 4 nitrogen and oxygen atoms in total. The van der Waals surface area contributed by atoms with Crippen LogP contribution in [0, 0.1) is 0 Å². The lowest BCUT2D eigenvalue weighted by Gasteiger charge is -2.24. The van der Waals surface area contributed by atoms with E-state index >= 15 is 0 Å². The molecule has 0 saturated heterocycles. The SMILES string of the molecule is CCOC(=O)C[C@H]1S[C@H](c2cccc(OC)c2OC)c2cc(Cl)ccc2-c2ccccc21. The maximum Gasteiger partial charge on any atom is 0.307 e. The molecule has 3 aromatic carbocycles. The van der Waals surface area contributed by atoms with Gasteiger partial charge in [-0.25, -0.2) is 0 Å².